The van der Waals surface area contributed by atoms with E-state index in [0.717, 1.165) is 28.1 Å². The molecule has 0 fully saturated rings. The zero-order chi connectivity index (χ0) is 11.5. The maximum absolute atomic E-state index is 9.24. The highest BCUT2D eigenvalue weighted by molar-refractivity contribution is 5.70. The van der Waals surface area contributed by atoms with Crippen LogP contribution in [0.3, 0.4) is 0 Å². The molecule has 2 rings (SSSR count). The van der Waals surface area contributed by atoms with Crippen LogP contribution in [0.25, 0.3) is 11.1 Å². The van der Waals surface area contributed by atoms with Crippen LogP contribution in [0.15, 0.2) is 30.5 Å². The predicted molar refractivity (Wildman–Crippen MR) is 63.4 cm³/mol. The van der Waals surface area contributed by atoms with E-state index in [1.165, 1.54) is 0 Å². The zero-order valence-corrected chi connectivity index (χ0v) is 9.45. The molecule has 3 nitrogen and oxygen atoms in total. The van der Waals surface area contributed by atoms with E-state index in [-0.39, 0.29) is 6.61 Å². The number of aryl methyl sites for hydroxylation is 1. The van der Waals surface area contributed by atoms with E-state index in [1.807, 2.05) is 37.4 Å². The Morgan fingerprint density at radius 2 is 1.94 bits per heavy atom. The quantitative estimate of drug-likeness (QED) is 0.829. The Morgan fingerprint density at radius 3 is 2.50 bits per heavy atom. The van der Waals surface area contributed by atoms with Crippen molar-refractivity contribution in [3.8, 4) is 16.9 Å². The molecule has 2 aromatic rings. The number of rotatable bonds is 3. The number of aromatic amines is 1. The fourth-order valence-corrected chi connectivity index (χ4v) is 1.86. The van der Waals surface area contributed by atoms with Crippen molar-refractivity contribution in [1.29, 1.82) is 0 Å². The first kappa shape index (κ1) is 10.8. The van der Waals surface area contributed by atoms with Gasteiger partial charge in [0.05, 0.1) is 13.7 Å². The van der Waals surface area contributed by atoms with E-state index in [2.05, 4.69) is 4.98 Å². The molecule has 0 bridgehead atoms. The summed E-state index contributed by atoms with van der Waals surface area (Å²) in [4.78, 5) is 3.07. The van der Waals surface area contributed by atoms with E-state index in [1.54, 1.807) is 7.11 Å². The molecule has 0 saturated carbocycles. The number of methoxy groups -OCH3 is 1. The molecule has 0 spiro atoms. The van der Waals surface area contributed by atoms with Gasteiger partial charge in [-0.05, 0) is 30.2 Å². The van der Waals surface area contributed by atoms with Crippen molar-refractivity contribution in [2.24, 2.45) is 0 Å². The Labute approximate surface area is 94.7 Å². The second kappa shape index (κ2) is 4.41. The molecule has 0 aliphatic rings. The van der Waals surface area contributed by atoms with Gasteiger partial charge in [-0.15, -0.1) is 0 Å². The molecule has 0 unspecified atom stereocenters. The maximum Gasteiger partial charge on any atom is 0.118 e. The Morgan fingerprint density at radius 1 is 1.25 bits per heavy atom. The van der Waals surface area contributed by atoms with Crippen LogP contribution in [-0.4, -0.2) is 17.2 Å². The van der Waals surface area contributed by atoms with Crippen LogP contribution in [-0.2, 0) is 6.61 Å². The van der Waals surface area contributed by atoms with E-state index in [0.29, 0.717) is 0 Å². The number of aliphatic hydroxyl groups is 1. The lowest BCUT2D eigenvalue weighted by atomic mass is 10.0. The summed E-state index contributed by atoms with van der Waals surface area (Å²) in [6, 6.07) is 7.83. The van der Waals surface area contributed by atoms with Crippen LogP contribution < -0.4 is 4.74 Å². The number of hydrogen-bond acceptors (Lipinski definition) is 2. The molecule has 1 aromatic carbocycles. The number of hydrogen-bond donors (Lipinski definition) is 2. The molecule has 0 amide bonds. The van der Waals surface area contributed by atoms with Crippen LogP contribution in [0.2, 0.25) is 0 Å². The highest BCUT2D eigenvalue weighted by Crippen LogP contribution is 2.28. The van der Waals surface area contributed by atoms with Crippen molar-refractivity contribution in [1.82, 2.24) is 4.98 Å². The molecule has 0 saturated heterocycles. The second-order valence-corrected chi connectivity index (χ2v) is 3.71. The fraction of sp³-hybridized carbons (Fsp3) is 0.231. The highest BCUT2D eigenvalue weighted by Gasteiger charge is 2.09. The summed E-state index contributed by atoms with van der Waals surface area (Å²) in [6.45, 7) is 2.05. The minimum atomic E-state index is 0.0230. The van der Waals surface area contributed by atoms with Gasteiger partial charge in [0.1, 0.15) is 5.75 Å². The summed E-state index contributed by atoms with van der Waals surface area (Å²) < 4.78 is 5.12. The number of H-pyrrole nitrogens is 1. The minimum absolute atomic E-state index is 0.0230. The molecule has 0 aliphatic carbocycles. The minimum Gasteiger partial charge on any atom is -0.497 e. The lowest BCUT2D eigenvalue weighted by molar-refractivity contribution is 0.278. The van der Waals surface area contributed by atoms with Gasteiger partial charge < -0.3 is 14.8 Å². The van der Waals surface area contributed by atoms with Gasteiger partial charge in [0.25, 0.3) is 0 Å². The summed E-state index contributed by atoms with van der Waals surface area (Å²) in [7, 11) is 1.65. The average Bonchev–Trinajstić information content (AvgIpc) is 2.70. The lowest BCUT2D eigenvalue weighted by Gasteiger charge is -2.05. The monoisotopic (exact) mass is 217 g/mol. The van der Waals surface area contributed by atoms with Gasteiger partial charge in [-0.1, -0.05) is 12.1 Å². The van der Waals surface area contributed by atoms with Crippen LogP contribution in [0, 0.1) is 6.92 Å². The van der Waals surface area contributed by atoms with Gasteiger partial charge in [0.15, 0.2) is 0 Å². The SMILES string of the molecule is COc1ccc(-c2c(C)c[nH]c2CO)cc1. The number of aromatic nitrogens is 1. The average molecular weight is 217 g/mol. The van der Waals surface area contributed by atoms with Gasteiger partial charge in [0, 0.05) is 17.5 Å². The van der Waals surface area contributed by atoms with Crippen LogP contribution in [0.4, 0.5) is 0 Å². The Kier molecular flexibility index (Phi) is 2.97. The van der Waals surface area contributed by atoms with E-state index < -0.39 is 0 Å². The first-order chi connectivity index (χ1) is 7.76. The van der Waals surface area contributed by atoms with Crippen molar-refractivity contribution >= 4 is 0 Å². The Balaban J connectivity index is 2.45. The van der Waals surface area contributed by atoms with E-state index >= 15 is 0 Å². The molecule has 1 heterocycles. The van der Waals surface area contributed by atoms with Gasteiger partial charge in [-0.3, -0.25) is 0 Å². The van der Waals surface area contributed by atoms with Gasteiger partial charge in [-0.2, -0.15) is 0 Å². The number of aliphatic hydroxyl groups excluding tert-OH is 1. The molecule has 16 heavy (non-hydrogen) atoms. The van der Waals surface area contributed by atoms with E-state index in [4.69, 9.17) is 4.74 Å². The summed E-state index contributed by atoms with van der Waals surface area (Å²) in [5.74, 6) is 0.836. The molecule has 0 aliphatic heterocycles. The Bertz CT molecular complexity index is 471. The summed E-state index contributed by atoms with van der Waals surface area (Å²) in [5.41, 5.74) is 4.14. The lowest BCUT2D eigenvalue weighted by Crippen LogP contribution is -1.88. The van der Waals surface area contributed by atoms with Crippen molar-refractivity contribution in [2.45, 2.75) is 13.5 Å². The normalized spacial score (nSPS) is 10.4. The standard InChI is InChI=1S/C13H15NO2/c1-9-7-14-12(8-15)13(9)10-3-5-11(16-2)6-4-10/h3-7,14-15H,8H2,1-2H3. The molecule has 0 radical (unpaired) electrons. The summed E-state index contributed by atoms with van der Waals surface area (Å²) in [5, 5.41) is 9.24. The molecule has 3 heteroatoms. The first-order valence-corrected chi connectivity index (χ1v) is 5.18. The molecule has 84 valence electrons. The number of ether oxygens (including phenoxy) is 1. The van der Waals surface area contributed by atoms with Crippen LogP contribution in [0.5, 0.6) is 5.75 Å². The van der Waals surface area contributed by atoms with Crippen LogP contribution >= 0.6 is 0 Å². The number of benzene rings is 1. The van der Waals surface area contributed by atoms with Gasteiger partial charge in [-0.25, -0.2) is 0 Å². The fourth-order valence-electron chi connectivity index (χ4n) is 1.86. The van der Waals surface area contributed by atoms with Gasteiger partial charge >= 0.3 is 0 Å². The van der Waals surface area contributed by atoms with Crippen molar-refractivity contribution in [3.05, 3.63) is 41.7 Å². The largest absolute Gasteiger partial charge is 0.497 e. The third-order valence-electron chi connectivity index (χ3n) is 2.70. The number of nitrogens with one attached hydrogen (secondary N) is 1. The zero-order valence-electron chi connectivity index (χ0n) is 9.45. The predicted octanol–water partition coefficient (Wildman–Crippen LogP) is 2.49. The highest BCUT2D eigenvalue weighted by atomic mass is 16.5. The second-order valence-electron chi connectivity index (χ2n) is 3.71. The Hall–Kier alpha value is -1.74. The van der Waals surface area contributed by atoms with Crippen molar-refractivity contribution in [3.63, 3.8) is 0 Å². The maximum atomic E-state index is 9.24. The van der Waals surface area contributed by atoms with Crippen molar-refractivity contribution in [2.75, 3.05) is 7.11 Å². The molecular formula is C13H15NO2. The first-order valence-electron chi connectivity index (χ1n) is 5.18. The summed E-state index contributed by atoms with van der Waals surface area (Å²) >= 11 is 0. The molecule has 2 N–H and O–H groups in total. The third-order valence-corrected chi connectivity index (χ3v) is 2.70. The van der Waals surface area contributed by atoms with Crippen molar-refractivity contribution < 1.29 is 9.84 Å². The van der Waals surface area contributed by atoms with Gasteiger partial charge in [0.2, 0.25) is 0 Å². The molecule has 0 atom stereocenters. The molecule has 1 aromatic heterocycles. The summed E-state index contributed by atoms with van der Waals surface area (Å²) in [6.07, 6.45) is 1.91. The van der Waals surface area contributed by atoms with E-state index in [9.17, 15) is 5.11 Å². The molecular weight excluding hydrogens is 202 g/mol. The van der Waals surface area contributed by atoms with Crippen LogP contribution in [0.1, 0.15) is 11.3 Å². The smallest absolute Gasteiger partial charge is 0.118 e. The topological polar surface area (TPSA) is 45.2 Å². The third kappa shape index (κ3) is 1.82.